The summed E-state index contributed by atoms with van der Waals surface area (Å²) in [5, 5.41) is 14.6. The maximum absolute atomic E-state index is 13.4. The van der Waals surface area contributed by atoms with Gasteiger partial charge in [-0.25, -0.2) is 4.79 Å². The highest BCUT2D eigenvalue weighted by Gasteiger charge is 2.49. The fourth-order valence-corrected chi connectivity index (χ4v) is 5.17. The summed E-state index contributed by atoms with van der Waals surface area (Å²) in [6, 6.07) is 11.8. The monoisotopic (exact) mass is 499 g/mol. The lowest BCUT2D eigenvalue weighted by atomic mass is 9.76. The van der Waals surface area contributed by atoms with Crippen LogP contribution < -0.4 is 15.5 Å². The molecule has 2 aromatic rings. The minimum atomic E-state index is -4.62. The Labute approximate surface area is 207 Å². The standard InChI is InChI=1S/C26H28F3N5O2/c1-17-3-6-19(7-4-17)32-24(36)34-16-25(14-22(34)23(35)31-2)9-11-33(12-10-25)20-8-5-18(15-30)21(13-20)26(27,28)29/h3-8,13,22H,9-12,14,16H2,1-2H3,(H,31,35)(H,32,36). The number of nitrogens with zero attached hydrogens (tertiary/aromatic N) is 3. The Balaban J connectivity index is 1.49. The third-order valence-corrected chi connectivity index (χ3v) is 7.24. The molecule has 2 heterocycles. The number of anilines is 2. The number of carbonyl (C=O) groups excluding carboxylic acids is 2. The number of aryl methyl sites for hydroxylation is 1. The number of hydrogen-bond acceptors (Lipinski definition) is 4. The average molecular weight is 500 g/mol. The number of piperidine rings is 1. The van der Waals surface area contributed by atoms with Crippen LogP contribution in [0, 0.1) is 23.7 Å². The average Bonchev–Trinajstić information content (AvgIpc) is 3.23. The first-order valence-electron chi connectivity index (χ1n) is 11.8. The number of nitriles is 1. The number of benzene rings is 2. The number of halogens is 3. The first kappa shape index (κ1) is 25.4. The van der Waals surface area contributed by atoms with E-state index in [2.05, 4.69) is 10.6 Å². The Kier molecular flexibility index (Phi) is 6.85. The Bertz CT molecular complexity index is 1180. The van der Waals surface area contributed by atoms with E-state index in [1.807, 2.05) is 24.0 Å². The minimum absolute atomic E-state index is 0.240. The van der Waals surface area contributed by atoms with E-state index in [0.29, 0.717) is 50.3 Å². The first-order valence-corrected chi connectivity index (χ1v) is 11.8. The van der Waals surface area contributed by atoms with Crippen LogP contribution in [0.5, 0.6) is 0 Å². The van der Waals surface area contributed by atoms with E-state index in [0.717, 1.165) is 11.6 Å². The van der Waals surface area contributed by atoms with Crippen molar-refractivity contribution in [2.24, 2.45) is 5.41 Å². The van der Waals surface area contributed by atoms with E-state index in [1.165, 1.54) is 19.2 Å². The van der Waals surface area contributed by atoms with Gasteiger partial charge in [-0.2, -0.15) is 18.4 Å². The topological polar surface area (TPSA) is 88.5 Å². The van der Waals surface area contributed by atoms with Crippen LogP contribution in [0.3, 0.4) is 0 Å². The second-order valence-electron chi connectivity index (χ2n) is 9.58. The third-order valence-electron chi connectivity index (χ3n) is 7.24. The zero-order valence-electron chi connectivity index (χ0n) is 20.2. The SMILES string of the molecule is CNC(=O)C1CC2(CCN(c3ccc(C#N)c(C(F)(F)F)c3)CC2)CN1C(=O)Nc1ccc(C)cc1. The molecular weight excluding hydrogens is 471 g/mol. The molecule has 0 bridgehead atoms. The number of likely N-dealkylation sites (tertiary alicyclic amines) is 1. The molecule has 1 atom stereocenters. The largest absolute Gasteiger partial charge is 0.417 e. The third kappa shape index (κ3) is 5.10. The quantitative estimate of drug-likeness (QED) is 0.650. The summed E-state index contributed by atoms with van der Waals surface area (Å²) in [6.07, 6.45) is -2.88. The van der Waals surface area contributed by atoms with Gasteiger partial charge in [-0.1, -0.05) is 17.7 Å². The molecule has 2 saturated heterocycles. The summed E-state index contributed by atoms with van der Waals surface area (Å²) in [5.74, 6) is -0.240. The second-order valence-corrected chi connectivity index (χ2v) is 9.58. The van der Waals surface area contributed by atoms with Crippen LogP contribution in [0.4, 0.5) is 29.3 Å². The number of alkyl halides is 3. The summed E-state index contributed by atoms with van der Waals surface area (Å²) in [4.78, 5) is 29.2. The van der Waals surface area contributed by atoms with Crippen LogP contribution in [0.1, 0.15) is 36.0 Å². The number of rotatable bonds is 3. The van der Waals surface area contributed by atoms with Gasteiger partial charge in [-0.3, -0.25) is 4.79 Å². The molecule has 190 valence electrons. The van der Waals surface area contributed by atoms with Crippen LogP contribution in [0.25, 0.3) is 0 Å². The summed E-state index contributed by atoms with van der Waals surface area (Å²) in [6.45, 7) is 3.30. The number of carbonyl (C=O) groups is 2. The Hall–Kier alpha value is -3.74. The van der Waals surface area contributed by atoms with Crippen molar-refractivity contribution in [2.45, 2.75) is 38.4 Å². The second kappa shape index (κ2) is 9.72. The predicted octanol–water partition coefficient (Wildman–Crippen LogP) is 4.52. The minimum Gasteiger partial charge on any atom is -0.371 e. The Morgan fingerprint density at radius 3 is 2.36 bits per heavy atom. The molecule has 0 saturated carbocycles. The molecule has 2 aliphatic heterocycles. The molecule has 0 aliphatic carbocycles. The van der Waals surface area contributed by atoms with Gasteiger partial charge in [0, 0.05) is 38.1 Å². The smallest absolute Gasteiger partial charge is 0.371 e. The van der Waals surface area contributed by atoms with E-state index in [1.54, 1.807) is 23.1 Å². The van der Waals surface area contributed by atoms with Crippen LogP contribution in [-0.2, 0) is 11.0 Å². The number of likely N-dealkylation sites (N-methyl/N-ethyl adjacent to an activating group) is 1. The normalized spacial score (nSPS) is 19.2. The molecule has 10 heteroatoms. The lowest BCUT2D eigenvalue weighted by Gasteiger charge is -2.40. The summed E-state index contributed by atoms with van der Waals surface area (Å²) in [7, 11) is 1.54. The first-order chi connectivity index (χ1) is 17.0. The molecule has 2 N–H and O–H groups in total. The van der Waals surface area contributed by atoms with E-state index in [-0.39, 0.29) is 17.4 Å². The molecule has 7 nitrogen and oxygen atoms in total. The zero-order chi connectivity index (χ0) is 26.1. The van der Waals surface area contributed by atoms with Gasteiger partial charge < -0.3 is 20.4 Å². The number of hydrogen-bond donors (Lipinski definition) is 2. The lowest BCUT2D eigenvalue weighted by Crippen LogP contribution is -2.47. The molecular formula is C26H28F3N5O2. The molecule has 0 aromatic heterocycles. The Morgan fingerprint density at radius 1 is 1.11 bits per heavy atom. The Morgan fingerprint density at radius 2 is 1.78 bits per heavy atom. The molecule has 4 rings (SSSR count). The highest BCUT2D eigenvalue weighted by atomic mass is 19.4. The zero-order valence-corrected chi connectivity index (χ0v) is 20.2. The van der Waals surface area contributed by atoms with Gasteiger partial charge in [0.2, 0.25) is 5.91 Å². The fraction of sp³-hybridized carbons (Fsp3) is 0.423. The van der Waals surface area contributed by atoms with Crippen molar-refractivity contribution in [1.82, 2.24) is 10.2 Å². The van der Waals surface area contributed by atoms with Gasteiger partial charge in [0.05, 0.1) is 17.2 Å². The van der Waals surface area contributed by atoms with Crippen molar-refractivity contribution < 1.29 is 22.8 Å². The van der Waals surface area contributed by atoms with Gasteiger partial charge in [0.25, 0.3) is 0 Å². The van der Waals surface area contributed by atoms with Crippen molar-refractivity contribution in [2.75, 3.05) is 36.9 Å². The maximum Gasteiger partial charge on any atom is 0.417 e. The van der Waals surface area contributed by atoms with Crippen LogP contribution >= 0.6 is 0 Å². The van der Waals surface area contributed by atoms with Crippen LogP contribution in [0.2, 0.25) is 0 Å². The van der Waals surface area contributed by atoms with Crippen molar-refractivity contribution in [1.29, 1.82) is 5.26 Å². The molecule has 2 fully saturated rings. The van der Waals surface area contributed by atoms with Gasteiger partial charge in [-0.05, 0) is 61.9 Å². The van der Waals surface area contributed by atoms with Gasteiger partial charge >= 0.3 is 12.2 Å². The summed E-state index contributed by atoms with van der Waals surface area (Å²) in [5.41, 5.74) is 0.455. The molecule has 3 amide bonds. The predicted molar refractivity (Wildman–Crippen MR) is 129 cm³/mol. The van der Waals surface area contributed by atoms with Gasteiger partial charge in [0.1, 0.15) is 6.04 Å². The maximum atomic E-state index is 13.4. The van der Waals surface area contributed by atoms with Crippen LogP contribution in [-0.4, -0.2) is 49.6 Å². The van der Waals surface area contributed by atoms with Gasteiger partial charge in [-0.15, -0.1) is 0 Å². The molecule has 0 radical (unpaired) electrons. The molecule has 36 heavy (non-hydrogen) atoms. The van der Waals surface area contributed by atoms with Crippen molar-refractivity contribution in [3.8, 4) is 6.07 Å². The van der Waals surface area contributed by atoms with Gasteiger partial charge in [0.15, 0.2) is 0 Å². The lowest BCUT2D eigenvalue weighted by molar-refractivity contribution is -0.137. The molecule has 2 aliphatic rings. The highest BCUT2D eigenvalue weighted by Crippen LogP contribution is 2.45. The van der Waals surface area contributed by atoms with E-state index < -0.39 is 23.3 Å². The van der Waals surface area contributed by atoms with Crippen molar-refractivity contribution in [3.63, 3.8) is 0 Å². The molecule has 2 aromatic carbocycles. The fourth-order valence-electron chi connectivity index (χ4n) is 5.17. The van der Waals surface area contributed by atoms with E-state index in [9.17, 15) is 22.8 Å². The summed E-state index contributed by atoms with van der Waals surface area (Å²) >= 11 is 0. The van der Waals surface area contributed by atoms with Crippen molar-refractivity contribution in [3.05, 3.63) is 59.2 Å². The molecule has 1 spiro atoms. The number of amides is 3. The summed E-state index contributed by atoms with van der Waals surface area (Å²) < 4.78 is 40.3. The van der Waals surface area contributed by atoms with E-state index >= 15 is 0 Å². The highest BCUT2D eigenvalue weighted by molar-refractivity contribution is 5.94. The number of nitrogens with one attached hydrogen (secondary N) is 2. The van der Waals surface area contributed by atoms with Crippen molar-refractivity contribution >= 4 is 23.3 Å². The number of urea groups is 1. The molecule has 1 unspecified atom stereocenters. The van der Waals surface area contributed by atoms with Crippen LogP contribution in [0.15, 0.2) is 42.5 Å². The van der Waals surface area contributed by atoms with E-state index in [4.69, 9.17) is 5.26 Å².